The number of benzene rings is 2. The van der Waals surface area contributed by atoms with Crippen molar-refractivity contribution in [1.82, 2.24) is 19.7 Å². The minimum absolute atomic E-state index is 0.0987. The summed E-state index contributed by atoms with van der Waals surface area (Å²) in [6.07, 6.45) is 8.49. The van der Waals surface area contributed by atoms with Gasteiger partial charge < -0.3 is 20.9 Å². The van der Waals surface area contributed by atoms with E-state index < -0.39 is 17.7 Å². The van der Waals surface area contributed by atoms with E-state index in [1.54, 1.807) is 12.3 Å². The number of nitrogens with zero attached hydrogens (tertiary/aromatic N) is 3. The third-order valence-electron chi connectivity index (χ3n) is 6.35. The third-order valence-corrected chi connectivity index (χ3v) is 6.35. The lowest BCUT2D eigenvalue weighted by Gasteiger charge is -2.20. The highest BCUT2D eigenvalue weighted by atomic mass is 19.1. The fourth-order valence-corrected chi connectivity index (χ4v) is 4.50. The number of ether oxygens (including phenoxy) is 1. The Balaban J connectivity index is 0.000000586. The molecule has 10 heteroatoms. The second-order valence-electron chi connectivity index (χ2n) is 8.76. The number of carboxylic acid groups (broad SMARTS) is 1. The predicted molar refractivity (Wildman–Crippen MR) is 136 cm³/mol. The van der Waals surface area contributed by atoms with Crippen LogP contribution in [0, 0.1) is 11.6 Å². The van der Waals surface area contributed by atoms with Crippen LogP contribution in [-0.4, -0.2) is 32.6 Å². The van der Waals surface area contributed by atoms with E-state index in [0.717, 1.165) is 35.4 Å². The Labute approximate surface area is 213 Å². The number of fused-ring (bicyclic) bond motifs is 1. The molecule has 1 fully saturated rings. The van der Waals surface area contributed by atoms with E-state index in [-0.39, 0.29) is 12.2 Å². The summed E-state index contributed by atoms with van der Waals surface area (Å²) in [4.78, 5) is 18.5. The standard InChI is InChI=1S/C25H24F2N4O.C2H5NO2/c26-20-10-5-11-21(27)19(20)15-32-18-9-4-8-17(14-18)22-23-24(28)29-12-13-31(23)25(30-22)16-6-2-1-3-7-16;1-3-2(4)5/h4-5,8-14,16H,1-3,6-7,15H2,(H2,28,29);3H,1H3,(H,4,5). The van der Waals surface area contributed by atoms with Gasteiger partial charge in [0.2, 0.25) is 0 Å². The van der Waals surface area contributed by atoms with Crippen LogP contribution in [0.25, 0.3) is 16.8 Å². The number of carbonyl (C=O) groups is 1. The zero-order chi connectivity index (χ0) is 26.4. The van der Waals surface area contributed by atoms with Gasteiger partial charge in [0.25, 0.3) is 0 Å². The van der Waals surface area contributed by atoms with Gasteiger partial charge in [-0.15, -0.1) is 0 Å². The molecule has 2 heterocycles. The van der Waals surface area contributed by atoms with Gasteiger partial charge in [0, 0.05) is 30.9 Å². The largest absolute Gasteiger partial charge is 0.489 e. The summed E-state index contributed by atoms with van der Waals surface area (Å²) in [7, 11) is 1.35. The number of nitrogen functional groups attached to an aromatic ring is 1. The molecule has 1 aliphatic carbocycles. The van der Waals surface area contributed by atoms with E-state index in [2.05, 4.69) is 9.38 Å². The summed E-state index contributed by atoms with van der Waals surface area (Å²) in [5.41, 5.74) is 8.48. The first kappa shape index (κ1) is 25.9. The van der Waals surface area contributed by atoms with Crippen LogP contribution in [0.2, 0.25) is 0 Å². The van der Waals surface area contributed by atoms with Gasteiger partial charge in [-0.3, -0.25) is 4.40 Å². The van der Waals surface area contributed by atoms with E-state index in [0.29, 0.717) is 17.5 Å². The molecule has 1 amide bonds. The molecule has 0 aliphatic heterocycles. The Kier molecular flexibility index (Phi) is 8.17. The highest BCUT2D eigenvalue weighted by molar-refractivity contribution is 5.85. The lowest BCUT2D eigenvalue weighted by atomic mass is 9.89. The molecule has 1 aliphatic rings. The first-order chi connectivity index (χ1) is 17.9. The fraction of sp³-hybridized carbons (Fsp3) is 0.296. The van der Waals surface area contributed by atoms with Gasteiger partial charge in [-0.25, -0.2) is 23.5 Å². The van der Waals surface area contributed by atoms with Crippen LogP contribution in [0.5, 0.6) is 5.75 Å². The molecule has 1 saturated carbocycles. The second kappa shape index (κ2) is 11.7. The average Bonchev–Trinajstić information content (AvgIpc) is 3.31. The zero-order valence-corrected chi connectivity index (χ0v) is 20.5. The molecular weight excluding hydrogens is 480 g/mol. The van der Waals surface area contributed by atoms with Crippen LogP contribution in [0.1, 0.15) is 49.4 Å². The number of halogens is 2. The highest BCUT2D eigenvalue weighted by Gasteiger charge is 2.24. The zero-order valence-electron chi connectivity index (χ0n) is 20.5. The average molecular weight is 510 g/mol. The number of anilines is 1. The number of nitrogens with one attached hydrogen (secondary N) is 1. The molecule has 0 bridgehead atoms. The van der Waals surface area contributed by atoms with Crippen LogP contribution in [0.3, 0.4) is 0 Å². The van der Waals surface area contributed by atoms with E-state index in [4.69, 9.17) is 20.6 Å². The van der Waals surface area contributed by atoms with E-state index in [9.17, 15) is 13.6 Å². The van der Waals surface area contributed by atoms with Gasteiger partial charge in [-0.1, -0.05) is 37.5 Å². The molecule has 2 aromatic carbocycles. The number of hydrogen-bond acceptors (Lipinski definition) is 5. The minimum Gasteiger partial charge on any atom is -0.489 e. The van der Waals surface area contributed by atoms with Crippen molar-refractivity contribution < 1.29 is 23.4 Å². The van der Waals surface area contributed by atoms with Crippen LogP contribution in [-0.2, 0) is 6.61 Å². The lowest BCUT2D eigenvalue weighted by molar-refractivity contribution is 0.197. The monoisotopic (exact) mass is 509 g/mol. The van der Waals surface area contributed by atoms with Crippen LogP contribution < -0.4 is 15.8 Å². The van der Waals surface area contributed by atoms with Crippen LogP contribution in [0.15, 0.2) is 54.9 Å². The Morgan fingerprint density at radius 1 is 1.16 bits per heavy atom. The number of amides is 1. The van der Waals surface area contributed by atoms with Gasteiger partial charge in [0.05, 0.1) is 5.56 Å². The van der Waals surface area contributed by atoms with Crippen molar-refractivity contribution in [2.24, 2.45) is 0 Å². The van der Waals surface area contributed by atoms with Crippen molar-refractivity contribution in [3.8, 4) is 17.0 Å². The quantitative estimate of drug-likeness (QED) is 0.315. The summed E-state index contributed by atoms with van der Waals surface area (Å²) >= 11 is 0. The van der Waals surface area contributed by atoms with Crippen molar-refractivity contribution in [2.45, 2.75) is 44.6 Å². The number of rotatable bonds is 5. The number of nitrogens with two attached hydrogens (primary N) is 1. The highest BCUT2D eigenvalue weighted by Crippen LogP contribution is 2.37. The number of imidazole rings is 1. The molecule has 37 heavy (non-hydrogen) atoms. The summed E-state index contributed by atoms with van der Waals surface area (Å²) in [6, 6.07) is 11.1. The third kappa shape index (κ3) is 5.96. The number of hydrogen-bond donors (Lipinski definition) is 3. The molecule has 5 rings (SSSR count). The minimum atomic E-state index is -0.995. The van der Waals surface area contributed by atoms with Gasteiger partial charge in [-0.2, -0.15) is 0 Å². The van der Waals surface area contributed by atoms with E-state index in [1.807, 2.05) is 29.7 Å². The molecule has 4 N–H and O–H groups in total. The summed E-state index contributed by atoms with van der Waals surface area (Å²) in [5, 5.41) is 9.56. The fourth-order valence-electron chi connectivity index (χ4n) is 4.50. The van der Waals surface area contributed by atoms with Crippen molar-refractivity contribution in [3.63, 3.8) is 0 Å². The molecular formula is C27H29F2N5O3. The Morgan fingerprint density at radius 3 is 2.51 bits per heavy atom. The van der Waals surface area contributed by atoms with E-state index >= 15 is 0 Å². The maximum Gasteiger partial charge on any atom is 0.404 e. The van der Waals surface area contributed by atoms with Crippen molar-refractivity contribution in [2.75, 3.05) is 12.8 Å². The molecule has 8 nitrogen and oxygen atoms in total. The van der Waals surface area contributed by atoms with Crippen LogP contribution >= 0.6 is 0 Å². The van der Waals surface area contributed by atoms with Crippen molar-refractivity contribution in [3.05, 3.63) is 77.9 Å². The Bertz CT molecular complexity index is 1370. The number of aromatic nitrogens is 3. The molecule has 0 radical (unpaired) electrons. The van der Waals surface area contributed by atoms with Gasteiger partial charge in [0.15, 0.2) is 0 Å². The van der Waals surface area contributed by atoms with Gasteiger partial charge >= 0.3 is 6.09 Å². The first-order valence-electron chi connectivity index (χ1n) is 12.1. The SMILES string of the molecule is CNC(=O)O.Nc1nccn2c(C3CCCCC3)nc(-c3cccc(OCc4c(F)cccc4F)c3)c12. The summed E-state index contributed by atoms with van der Waals surface area (Å²) < 4.78 is 35.7. The second-order valence-corrected chi connectivity index (χ2v) is 8.76. The summed E-state index contributed by atoms with van der Waals surface area (Å²) in [6.45, 7) is -0.205. The molecule has 0 spiro atoms. The normalized spacial score (nSPS) is 13.6. The first-order valence-corrected chi connectivity index (χ1v) is 12.1. The molecule has 194 valence electrons. The maximum atomic E-state index is 13.9. The molecule has 0 saturated heterocycles. The Hall–Kier alpha value is -4.21. The Morgan fingerprint density at radius 2 is 1.84 bits per heavy atom. The van der Waals surface area contributed by atoms with Crippen LogP contribution in [0.4, 0.5) is 19.4 Å². The van der Waals surface area contributed by atoms with Crippen molar-refractivity contribution in [1.29, 1.82) is 0 Å². The molecule has 0 unspecified atom stereocenters. The molecule has 4 aromatic rings. The van der Waals surface area contributed by atoms with Gasteiger partial charge in [-0.05, 0) is 37.1 Å². The summed E-state index contributed by atoms with van der Waals surface area (Å²) in [5.74, 6) is 1.04. The molecule has 2 aromatic heterocycles. The van der Waals surface area contributed by atoms with Crippen molar-refractivity contribution >= 4 is 17.4 Å². The molecule has 0 atom stereocenters. The predicted octanol–water partition coefficient (Wildman–Crippen LogP) is 5.77. The van der Waals surface area contributed by atoms with E-state index in [1.165, 1.54) is 44.5 Å². The maximum absolute atomic E-state index is 13.9. The lowest BCUT2D eigenvalue weighted by Crippen LogP contribution is -2.13. The van der Waals surface area contributed by atoms with Gasteiger partial charge in [0.1, 0.15) is 46.8 Å². The topological polar surface area (TPSA) is 115 Å². The smallest absolute Gasteiger partial charge is 0.404 e.